The normalized spacial score (nSPS) is 13.0. The summed E-state index contributed by atoms with van der Waals surface area (Å²) < 4.78 is 30.3. The number of hydrogen-bond acceptors (Lipinski definition) is 6. The molecule has 0 bridgehead atoms. The Morgan fingerprint density at radius 1 is 0.419 bits per heavy atom. The van der Waals surface area contributed by atoms with Gasteiger partial charge in [-0.05, 0) is 37.7 Å². The minimum absolute atomic E-state index is 0. The maximum Gasteiger partial charge on any atom is 3.00 e. The fourth-order valence-electron chi connectivity index (χ4n) is 2.62. The van der Waals surface area contributed by atoms with Crippen LogP contribution in [0.15, 0.2) is 0 Å². The second kappa shape index (κ2) is 35.7. The van der Waals surface area contributed by atoms with Gasteiger partial charge in [-0.25, -0.2) is 0 Å². The first-order chi connectivity index (χ1) is 14.3. The Bertz CT molecular complexity index is 344. The fourth-order valence-corrected chi connectivity index (χ4v) is 4.23. The van der Waals surface area contributed by atoms with E-state index in [0.717, 1.165) is 38.5 Å². The zero-order chi connectivity index (χ0) is 23.5. The zero-order valence-corrected chi connectivity index (χ0v) is 24.4. The van der Waals surface area contributed by atoms with Crippen LogP contribution < -0.4 is 14.7 Å². The monoisotopic (exact) mass is 541 g/mol. The van der Waals surface area contributed by atoms with Gasteiger partial charge in [0.15, 0.2) is 0 Å². The van der Waals surface area contributed by atoms with E-state index in [1.54, 1.807) is 0 Å². The van der Waals surface area contributed by atoms with Crippen LogP contribution in [0.5, 0.6) is 0 Å². The Labute approximate surface area is 205 Å². The maximum absolute atomic E-state index is 10.1. The first-order valence-corrected chi connectivity index (χ1v) is 16.5. The van der Waals surface area contributed by atoms with Crippen molar-refractivity contribution in [1.29, 1.82) is 0 Å². The summed E-state index contributed by atoms with van der Waals surface area (Å²) in [6.45, 7) is 6.45. The topological polar surface area (TPSA) is 120 Å². The molecule has 6 nitrogen and oxygen atoms in total. The second-order valence-electron chi connectivity index (χ2n) is 7.61. The molecule has 0 rings (SSSR count). The van der Waals surface area contributed by atoms with Gasteiger partial charge in [-0.2, -0.15) is 0 Å². The van der Waals surface area contributed by atoms with E-state index in [2.05, 4.69) is 20.8 Å². The molecule has 0 heterocycles. The van der Waals surface area contributed by atoms with Crippen LogP contribution >= 0.6 is 24.1 Å². The molecular weight excluding hydrogens is 493 g/mol. The Balaban J connectivity index is -0.000000174. The number of hydrogen-bond donors (Lipinski definition) is 0. The van der Waals surface area contributed by atoms with Crippen LogP contribution in [-0.4, -0.2) is 18.5 Å². The van der Waals surface area contributed by atoms with Crippen LogP contribution in [0.3, 0.4) is 0 Å². The summed E-state index contributed by atoms with van der Waals surface area (Å²) in [7, 11) is -7.27. The van der Waals surface area contributed by atoms with Gasteiger partial charge in [0.2, 0.25) is 0 Å². The third-order valence-electron chi connectivity index (χ3n) is 4.45. The van der Waals surface area contributed by atoms with Gasteiger partial charge in [0.25, 0.3) is 0 Å². The summed E-state index contributed by atoms with van der Waals surface area (Å²) in [4.78, 5) is 30.3. The Morgan fingerprint density at radius 3 is 0.774 bits per heavy atom. The molecule has 189 valence electrons. The van der Waals surface area contributed by atoms with Crippen LogP contribution in [0, 0.1) is 0 Å². The molecule has 0 aliphatic rings. The van der Waals surface area contributed by atoms with Gasteiger partial charge in [-0.3, -0.25) is 0 Å². The van der Waals surface area contributed by atoms with Crippen molar-refractivity contribution < 1.29 is 45.7 Å². The van der Waals surface area contributed by atoms with Gasteiger partial charge in [0, 0.05) is 24.1 Å². The molecule has 0 saturated heterocycles. The van der Waals surface area contributed by atoms with E-state index < -0.39 is 24.1 Å². The Hall–Kier alpha value is 1.10. The van der Waals surface area contributed by atoms with E-state index in [0.29, 0.717) is 18.5 Å². The first kappa shape index (κ1) is 39.3. The molecule has 0 fully saturated rings. The van der Waals surface area contributed by atoms with Gasteiger partial charge < -0.3 is 28.4 Å². The summed E-state index contributed by atoms with van der Waals surface area (Å²) in [5, 5.41) is 0. The molecule has 0 N–H and O–H groups in total. The minimum Gasteiger partial charge on any atom is -0.802 e. The van der Waals surface area contributed by atoms with E-state index in [1.165, 1.54) is 57.8 Å². The summed E-state index contributed by atoms with van der Waals surface area (Å²) in [5.74, 6) is 0. The third-order valence-corrected chi connectivity index (χ3v) is 6.74. The quantitative estimate of drug-likeness (QED) is 0.170. The minimum atomic E-state index is -2.42. The summed E-state index contributed by atoms with van der Waals surface area (Å²) >= 11 is 0. The van der Waals surface area contributed by atoms with Gasteiger partial charge in [0.05, 0.1) is 0 Å². The maximum atomic E-state index is 10.1. The SMILES string of the molecule is CCCCCCC[PH](=O)[O-].CCCCCCC[PH](=O)[O-].CCCCCCC[PH](=O)[O-].[Cr+3]. The largest absolute Gasteiger partial charge is 3.00 e. The van der Waals surface area contributed by atoms with E-state index in [9.17, 15) is 28.4 Å². The smallest absolute Gasteiger partial charge is 0.802 e. The average Bonchev–Trinajstić information content (AvgIpc) is 2.68. The third kappa shape index (κ3) is 53.9. The molecule has 0 amide bonds. The number of rotatable bonds is 18. The number of unbranched alkanes of at least 4 members (excludes halogenated alkanes) is 12. The van der Waals surface area contributed by atoms with Gasteiger partial charge in [-0.15, -0.1) is 0 Å². The molecule has 0 aliphatic heterocycles. The van der Waals surface area contributed by atoms with Gasteiger partial charge in [0.1, 0.15) is 0 Å². The van der Waals surface area contributed by atoms with Crippen molar-refractivity contribution in [3.05, 3.63) is 0 Å². The van der Waals surface area contributed by atoms with Crippen molar-refractivity contribution in [2.75, 3.05) is 18.5 Å². The molecule has 1 radical (unpaired) electrons. The molecule has 0 aliphatic carbocycles. The van der Waals surface area contributed by atoms with Crippen LogP contribution in [0.1, 0.15) is 117 Å². The van der Waals surface area contributed by atoms with E-state index >= 15 is 0 Å². The molecular formula is C21H48CrO6P3. The van der Waals surface area contributed by atoms with Crippen molar-refractivity contribution >= 4 is 24.1 Å². The predicted molar refractivity (Wildman–Crippen MR) is 128 cm³/mol. The average molecular weight is 542 g/mol. The van der Waals surface area contributed by atoms with E-state index in [1.807, 2.05) is 0 Å². The standard InChI is InChI=1S/3C7H17O2P.Cr/c3*1-2-3-4-5-6-7-10(8)9;/h3*10H,2-7H2,1H3,(H,8,9);/q;;;+3/p-3. The van der Waals surface area contributed by atoms with Crippen molar-refractivity contribution in [3.63, 3.8) is 0 Å². The Morgan fingerprint density at radius 2 is 0.613 bits per heavy atom. The molecule has 0 saturated carbocycles. The van der Waals surface area contributed by atoms with Crippen LogP contribution in [0.25, 0.3) is 0 Å². The summed E-state index contributed by atoms with van der Waals surface area (Å²) in [6.07, 6.45) is 18.0. The van der Waals surface area contributed by atoms with Crippen LogP contribution in [-0.2, 0) is 31.1 Å². The van der Waals surface area contributed by atoms with Gasteiger partial charge in [-0.1, -0.05) is 97.8 Å². The van der Waals surface area contributed by atoms with Crippen LogP contribution in [0.4, 0.5) is 0 Å². The van der Waals surface area contributed by atoms with E-state index in [-0.39, 0.29) is 17.4 Å². The van der Waals surface area contributed by atoms with Crippen molar-refractivity contribution in [3.8, 4) is 0 Å². The molecule has 0 aromatic heterocycles. The van der Waals surface area contributed by atoms with E-state index in [4.69, 9.17) is 0 Å². The van der Waals surface area contributed by atoms with Gasteiger partial charge >= 0.3 is 17.4 Å². The first-order valence-electron chi connectivity index (χ1n) is 11.9. The predicted octanol–water partition coefficient (Wildman–Crippen LogP) is 5.37. The second-order valence-corrected chi connectivity index (χ2v) is 11.3. The Kier molecular flexibility index (Phi) is 45.3. The van der Waals surface area contributed by atoms with Crippen LogP contribution in [0.2, 0.25) is 0 Å². The molecule has 31 heavy (non-hydrogen) atoms. The van der Waals surface area contributed by atoms with Crippen molar-refractivity contribution in [2.45, 2.75) is 117 Å². The van der Waals surface area contributed by atoms with Crippen molar-refractivity contribution in [1.82, 2.24) is 0 Å². The fraction of sp³-hybridized carbons (Fsp3) is 1.00. The molecule has 0 spiro atoms. The molecule has 3 unspecified atom stereocenters. The molecule has 0 aromatic carbocycles. The summed E-state index contributed by atoms with van der Waals surface area (Å²) in [6, 6.07) is 0. The van der Waals surface area contributed by atoms with Crippen molar-refractivity contribution in [2.24, 2.45) is 0 Å². The molecule has 3 atom stereocenters. The summed E-state index contributed by atoms with van der Waals surface area (Å²) in [5.41, 5.74) is 0. The molecule has 0 aromatic rings. The zero-order valence-electron chi connectivity index (χ0n) is 20.1. The molecule has 10 heteroatoms.